The van der Waals surface area contributed by atoms with Crippen LogP contribution in [0.4, 0.5) is 0 Å². The summed E-state index contributed by atoms with van der Waals surface area (Å²) in [7, 11) is 1.94. The van der Waals surface area contributed by atoms with Gasteiger partial charge in [0.15, 0.2) is 5.96 Å². The van der Waals surface area contributed by atoms with Crippen LogP contribution in [0.25, 0.3) is 0 Å². The summed E-state index contributed by atoms with van der Waals surface area (Å²) in [4.78, 5) is 10.2. The molecule has 0 aliphatic carbocycles. The van der Waals surface area contributed by atoms with Crippen LogP contribution in [0.2, 0.25) is 0 Å². The standard InChI is InChI=1S/C12H20N4/c1-10(2)8-15-12(13)16(3)9-11-4-6-14-7-5-11/h4-7,10H,8-9H2,1-3H3,(H2,13,15). The first-order chi connectivity index (χ1) is 7.59. The van der Waals surface area contributed by atoms with Gasteiger partial charge in [0, 0.05) is 32.5 Å². The molecular formula is C12H20N4. The van der Waals surface area contributed by atoms with Crippen molar-refractivity contribution >= 4 is 5.96 Å². The van der Waals surface area contributed by atoms with Crippen LogP contribution < -0.4 is 5.73 Å². The van der Waals surface area contributed by atoms with Crippen LogP contribution in [-0.4, -0.2) is 29.4 Å². The molecular weight excluding hydrogens is 200 g/mol. The first kappa shape index (κ1) is 12.5. The Hall–Kier alpha value is -1.58. The summed E-state index contributed by atoms with van der Waals surface area (Å²) in [5.74, 6) is 1.12. The lowest BCUT2D eigenvalue weighted by Crippen LogP contribution is -2.33. The van der Waals surface area contributed by atoms with Crippen molar-refractivity contribution < 1.29 is 0 Å². The monoisotopic (exact) mass is 220 g/mol. The average molecular weight is 220 g/mol. The van der Waals surface area contributed by atoms with Gasteiger partial charge in [0.25, 0.3) is 0 Å². The minimum Gasteiger partial charge on any atom is -0.370 e. The van der Waals surface area contributed by atoms with Crippen LogP contribution >= 0.6 is 0 Å². The van der Waals surface area contributed by atoms with Crippen LogP contribution in [-0.2, 0) is 6.54 Å². The smallest absolute Gasteiger partial charge is 0.191 e. The van der Waals surface area contributed by atoms with Crippen molar-refractivity contribution in [2.75, 3.05) is 13.6 Å². The van der Waals surface area contributed by atoms with Gasteiger partial charge in [-0.05, 0) is 23.6 Å². The number of hydrogen-bond donors (Lipinski definition) is 1. The van der Waals surface area contributed by atoms with E-state index in [9.17, 15) is 0 Å². The van der Waals surface area contributed by atoms with E-state index in [1.54, 1.807) is 12.4 Å². The quantitative estimate of drug-likeness (QED) is 0.617. The fraction of sp³-hybridized carbons (Fsp3) is 0.500. The molecule has 0 aromatic carbocycles. The Morgan fingerprint density at radius 2 is 2.06 bits per heavy atom. The minimum absolute atomic E-state index is 0.535. The molecule has 0 bridgehead atoms. The van der Waals surface area contributed by atoms with E-state index in [4.69, 9.17) is 5.73 Å². The zero-order valence-electron chi connectivity index (χ0n) is 10.2. The number of rotatable bonds is 4. The van der Waals surface area contributed by atoms with Gasteiger partial charge in [0.05, 0.1) is 0 Å². The zero-order valence-corrected chi connectivity index (χ0v) is 10.2. The molecule has 1 aromatic rings. The molecule has 2 N–H and O–H groups in total. The van der Waals surface area contributed by atoms with Gasteiger partial charge in [0.1, 0.15) is 0 Å². The van der Waals surface area contributed by atoms with Crippen molar-refractivity contribution in [1.29, 1.82) is 0 Å². The summed E-state index contributed by atoms with van der Waals surface area (Å²) in [6.07, 6.45) is 3.56. The van der Waals surface area contributed by atoms with Gasteiger partial charge < -0.3 is 10.6 Å². The molecule has 88 valence electrons. The largest absolute Gasteiger partial charge is 0.370 e. The van der Waals surface area contributed by atoms with E-state index in [-0.39, 0.29) is 0 Å². The SMILES string of the molecule is CC(C)CN=C(N)N(C)Cc1ccncc1. The molecule has 0 saturated carbocycles. The number of aliphatic imine (C=N–C) groups is 1. The van der Waals surface area contributed by atoms with Gasteiger partial charge in [-0.15, -0.1) is 0 Å². The van der Waals surface area contributed by atoms with E-state index in [0.717, 1.165) is 13.1 Å². The predicted octanol–water partition coefficient (Wildman–Crippen LogP) is 1.48. The van der Waals surface area contributed by atoms with E-state index in [1.165, 1.54) is 5.56 Å². The fourth-order valence-electron chi connectivity index (χ4n) is 1.24. The average Bonchev–Trinajstić information content (AvgIpc) is 2.27. The summed E-state index contributed by atoms with van der Waals surface area (Å²) in [6.45, 7) is 5.78. The highest BCUT2D eigenvalue weighted by atomic mass is 15.2. The summed E-state index contributed by atoms with van der Waals surface area (Å²) in [5, 5.41) is 0. The first-order valence-electron chi connectivity index (χ1n) is 5.49. The van der Waals surface area contributed by atoms with Crippen LogP contribution in [0.3, 0.4) is 0 Å². The Labute approximate surface area is 97.2 Å². The third-order valence-corrected chi connectivity index (χ3v) is 2.18. The molecule has 1 rings (SSSR count). The number of guanidine groups is 1. The van der Waals surface area contributed by atoms with E-state index in [1.807, 2.05) is 24.1 Å². The molecule has 0 saturated heterocycles. The molecule has 0 spiro atoms. The van der Waals surface area contributed by atoms with Gasteiger partial charge in [-0.3, -0.25) is 9.98 Å². The molecule has 0 atom stereocenters. The number of aromatic nitrogens is 1. The van der Waals surface area contributed by atoms with Gasteiger partial charge >= 0.3 is 0 Å². The maximum absolute atomic E-state index is 5.87. The van der Waals surface area contributed by atoms with Crippen molar-refractivity contribution in [3.05, 3.63) is 30.1 Å². The molecule has 0 fully saturated rings. The van der Waals surface area contributed by atoms with Crippen molar-refractivity contribution in [3.8, 4) is 0 Å². The lowest BCUT2D eigenvalue weighted by atomic mass is 10.2. The molecule has 1 heterocycles. The van der Waals surface area contributed by atoms with Crippen LogP contribution in [0.5, 0.6) is 0 Å². The van der Waals surface area contributed by atoms with Crippen molar-refractivity contribution in [2.45, 2.75) is 20.4 Å². The summed E-state index contributed by atoms with van der Waals surface area (Å²) in [5.41, 5.74) is 7.05. The third kappa shape index (κ3) is 4.29. The highest BCUT2D eigenvalue weighted by Gasteiger charge is 2.02. The Balaban J connectivity index is 2.52. The van der Waals surface area contributed by atoms with Crippen LogP contribution in [0.1, 0.15) is 19.4 Å². The molecule has 0 unspecified atom stereocenters. The van der Waals surface area contributed by atoms with E-state index in [2.05, 4.69) is 23.8 Å². The Bertz CT molecular complexity index is 332. The Morgan fingerprint density at radius 1 is 1.44 bits per heavy atom. The molecule has 0 radical (unpaired) electrons. The third-order valence-electron chi connectivity index (χ3n) is 2.18. The summed E-state index contributed by atoms with van der Waals surface area (Å²) < 4.78 is 0. The topological polar surface area (TPSA) is 54.5 Å². The number of hydrogen-bond acceptors (Lipinski definition) is 2. The van der Waals surface area contributed by atoms with E-state index in [0.29, 0.717) is 11.9 Å². The van der Waals surface area contributed by atoms with E-state index >= 15 is 0 Å². The molecule has 4 nitrogen and oxygen atoms in total. The van der Waals surface area contributed by atoms with Crippen molar-refractivity contribution in [3.63, 3.8) is 0 Å². The van der Waals surface area contributed by atoms with Crippen LogP contribution in [0.15, 0.2) is 29.5 Å². The first-order valence-corrected chi connectivity index (χ1v) is 5.49. The Kier molecular flexibility index (Phi) is 4.76. The van der Waals surface area contributed by atoms with Gasteiger partial charge in [-0.25, -0.2) is 0 Å². The number of nitrogens with two attached hydrogens (primary N) is 1. The minimum atomic E-state index is 0.535. The predicted molar refractivity (Wildman–Crippen MR) is 67.0 cm³/mol. The fourth-order valence-corrected chi connectivity index (χ4v) is 1.24. The van der Waals surface area contributed by atoms with E-state index < -0.39 is 0 Å². The van der Waals surface area contributed by atoms with Crippen molar-refractivity contribution in [2.24, 2.45) is 16.6 Å². The van der Waals surface area contributed by atoms with Gasteiger partial charge in [0.2, 0.25) is 0 Å². The molecule has 16 heavy (non-hydrogen) atoms. The molecule has 1 aromatic heterocycles. The number of nitrogens with zero attached hydrogens (tertiary/aromatic N) is 3. The van der Waals surface area contributed by atoms with Crippen molar-refractivity contribution in [1.82, 2.24) is 9.88 Å². The normalized spacial score (nSPS) is 11.9. The van der Waals surface area contributed by atoms with Gasteiger partial charge in [-0.1, -0.05) is 13.8 Å². The lowest BCUT2D eigenvalue weighted by Gasteiger charge is -2.18. The maximum atomic E-state index is 5.87. The molecule has 0 aliphatic heterocycles. The highest BCUT2D eigenvalue weighted by Crippen LogP contribution is 2.01. The lowest BCUT2D eigenvalue weighted by molar-refractivity contribution is 0.488. The second kappa shape index (κ2) is 6.10. The second-order valence-electron chi connectivity index (χ2n) is 4.30. The second-order valence-corrected chi connectivity index (χ2v) is 4.30. The van der Waals surface area contributed by atoms with Crippen LogP contribution in [0, 0.1) is 5.92 Å². The zero-order chi connectivity index (χ0) is 12.0. The molecule has 0 amide bonds. The van der Waals surface area contributed by atoms with Gasteiger partial charge in [-0.2, -0.15) is 0 Å². The highest BCUT2D eigenvalue weighted by molar-refractivity contribution is 5.77. The maximum Gasteiger partial charge on any atom is 0.191 e. The number of pyridine rings is 1. The Morgan fingerprint density at radius 3 is 2.62 bits per heavy atom. The summed E-state index contributed by atoms with van der Waals surface area (Å²) >= 11 is 0. The molecule has 0 aliphatic rings. The molecule has 4 heteroatoms. The summed E-state index contributed by atoms with van der Waals surface area (Å²) in [6, 6.07) is 3.96.